The van der Waals surface area contributed by atoms with Crippen LogP contribution in [0.5, 0.6) is 17.2 Å². The fraction of sp³-hybridized carbons (Fsp3) is 0.209. The van der Waals surface area contributed by atoms with Gasteiger partial charge in [-0.25, -0.2) is 32.3 Å². The molecule has 16 nitrogen and oxygen atoms in total. The molecule has 0 aliphatic carbocycles. The smallest absolute Gasteiger partial charge is 0.408 e. The van der Waals surface area contributed by atoms with Crippen LogP contribution in [0.2, 0.25) is 0 Å². The van der Waals surface area contributed by atoms with Gasteiger partial charge in [0, 0.05) is 25.8 Å². The van der Waals surface area contributed by atoms with E-state index in [4.69, 9.17) is 34.2 Å². The number of nitrogens with two attached hydrogens (primary N) is 1. The van der Waals surface area contributed by atoms with Crippen LogP contribution in [0.4, 0.5) is 31.5 Å². The molecule has 456 valence electrons. The minimum absolute atomic E-state index is 0.0302. The summed E-state index contributed by atoms with van der Waals surface area (Å²) in [7, 11) is 0. The molecule has 0 fully saturated rings. The molecule has 0 aromatic heterocycles. The molecule has 0 bridgehead atoms. The van der Waals surface area contributed by atoms with E-state index >= 15 is 8.78 Å². The van der Waals surface area contributed by atoms with Crippen LogP contribution in [-0.2, 0) is 74.5 Å². The average Bonchev–Trinajstić information content (AvgIpc) is 1.61. The quantitative estimate of drug-likeness (QED) is 0.00808. The summed E-state index contributed by atoms with van der Waals surface area (Å²) in [4.78, 5) is 68.8. The van der Waals surface area contributed by atoms with Gasteiger partial charge < -0.3 is 55.2 Å². The molecule has 0 aliphatic heterocycles. The molecule has 8 aromatic carbocycles. The second-order valence-corrected chi connectivity index (χ2v) is 20.5. The van der Waals surface area contributed by atoms with Crippen molar-refractivity contribution in [2.45, 2.75) is 82.9 Å². The van der Waals surface area contributed by atoms with E-state index in [2.05, 4.69) is 16.0 Å². The van der Waals surface area contributed by atoms with Crippen LogP contribution < -0.4 is 35.9 Å². The number of hydrogen-bond acceptors (Lipinski definition) is 13. The van der Waals surface area contributed by atoms with Gasteiger partial charge in [-0.05, 0) is 81.3 Å². The van der Waals surface area contributed by atoms with Gasteiger partial charge >= 0.3 is 24.1 Å². The summed E-state index contributed by atoms with van der Waals surface area (Å²) < 4.78 is 107. The number of aliphatic hydroxyl groups is 1. The molecule has 0 aliphatic rings. The molecular weight excluding hydrogens is 1150 g/mol. The monoisotopic (exact) mass is 1210 g/mol. The zero-order valence-electron chi connectivity index (χ0n) is 47.4. The van der Waals surface area contributed by atoms with Gasteiger partial charge in [-0.1, -0.05) is 164 Å². The van der Waals surface area contributed by atoms with Crippen LogP contribution in [-0.4, -0.2) is 65.4 Å². The normalized spacial score (nSPS) is 12.7. The van der Waals surface area contributed by atoms with Crippen LogP contribution in [0.1, 0.15) is 52.3 Å². The number of benzene rings is 8. The molecule has 8 aromatic rings. The lowest BCUT2D eigenvalue weighted by Gasteiger charge is -2.29. The van der Waals surface area contributed by atoms with Crippen molar-refractivity contribution >= 4 is 30.0 Å². The van der Waals surface area contributed by atoms with Gasteiger partial charge in [-0.15, -0.1) is 0 Å². The Morgan fingerprint density at radius 1 is 0.477 bits per heavy atom. The molecule has 21 heteroatoms. The third-order valence-electron chi connectivity index (χ3n) is 13.6. The van der Waals surface area contributed by atoms with Crippen molar-refractivity contribution in [3.63, 3.8) is 0 Å². The topological polar surface area (TPSA) is 223 Å². The molecule has 0 radical (unpaired) electrons. The van der Waals surface area contributed by atoms with Gasteiger partial charge in [-0.2, -0.15) is 8.78 Å². The van der Waals surface area contributed by atoms with E-state index in [1.165, 1.54) is 13.0 Å². The number of hydrogen-bond donors (Lipinski definition) is 5. The molecule has 8 rings (SSSR count). The Labute approximate surface area is 503 Å². The first-order valence-corrected chi connectivity index (χ1v) is 27.6. The van der Waals surface area contributed by atoms with E-state index in [-0.39, 0.29) is 63.1 Å². The lowest BCUT2D eigenvalue weighted by Crippen LogP contribution is -2.58. The first-order valence-electron chi connectivity index (χ1n) is 27.6. The largest absolute Gasteiger partial charge is 0.489 e. The van der Waals surface area contributed by atoms with Gasteiger partial charge in [0.05, 0.1) is 11.6 Å². The number of esters is 2. The average molecular weight is 1210 g/mol. The van der Waals surface area contributed by atoms with Gasteiger partial charge in [0.25, 0.3) is 0 Å². The fourth-order valence-electron chi connectivity index (χ4n) is 8.95. The van der Waals surface area contributed by atoms with Gasteiger partial charge in [0.1, 0.15) is 56.6 Å². The third-order valence-corrected chi connectivity index (χ3v) is 13.6. The Morgan fingerprint density at radius 3 is 1.28 bits per heavy atom. The number of alkyl carbamates (subject to hydrolysis) is 2. The summed E-state index contributed by atoms with van der Waals surface area (Å²) in [5, 5.41) is 18.5. The zero-order valence-corrected chi connectivity index (χ0v) is 47.4. The maximum atomic E-state index is 15.1. The highest BCUT2D eigenvalue weighted by molar-refractivity contribution is 5.90. The first-order chi connectivity index (χ1) is 42.4. The fourth-order valence-corrected chi connectivity index (χ4v) is 8.95. The van der Waals surface area contributed by atoms with Crippen LogP contribution in [0.25, 0.3) is 11.1 Å². The van der Waals surface area contributed by atoms with E-state index in [9.17, 15) is 42.3 Å². The van der Waals surface area contributed by atoms with Gasteiger partial charge in [0.15, 0.2) is 0 Å². The van der Waals surface area contributed by atoms with Gasteiger partial charge in [0.2, 0.25) is 40.7 Å². The van der Waals surface area contributed by atoms with Crippen LogP contribution in [0.3, 0.4) is 0 Å². The highest BCUT2D eigenvalue weighted by atomic mass is 19.2. The maximum Gasteiger partial charge on any atom is 0.408 e. The lowest BCUT2D eigenvalue weighted by molar-refractivity contribution is -0.149. The number of nitrogens with one attached hydrogen (secondary N) is 3. The second-order valence-electron chi connectivity index (χ2n) is 20.5. The van der Waals surface area contributed by atoms with E-state index in [1.54, 1.807) is 146 Å². The van der Waals surface area contributed by atoms with Crippen molar-refractivity contribution in [1.29, 1.82) is 0 Å². The molecule has 6 N–H and O–H groups in total. The number of rotatable bonds is 27. The zero-order chi connectivity index (χ0) is 62.6. The Balaban J connectivity index is 1.13. The molecule has 88 heavy (non-hydrogen) atoms. The minimum atomic E-state index is -2.50. The molecule has 0 unspecified atom stereocenters. The summed E-state index contributed by atoms with van der Waals surface area (Å²) >= 11 is 0. The van der Waals surface area contributed by atoms with Crippen LogP contribution in [0.15, 0.2) is 188 Å². The Bertz CT molecular complexity index is 3640. The Hall–Kier alpha value is -10.1. The SMILES string of the molecule is C[C@](N)(C[C@@H](O)CNC(=O)OCc1ccccc1)C(=O)N[C@@H](Cc1cc(-c2ccc(OCc3ccccc3)c(C[C@H](NC(=O)OCc3ccccc3)C(=O)Oc3c(F)c(F)c(F)c(F)c3F)c2)ccc1OCc1ccccc1)C(=O)OCc1ccccc1. The van der Waals surface area contributed by atoms with Crippen LogP contribution >= 0.6 is 0 Å². The van der Waals surface area contributed by atoms with Crippen molar-refractivity contribution in [2.75, 3.05) is 6.54 Å². The van der Waals surface area contributed by atoms with E-state index in [0.29, 0.717) is 33.4 Å². The third kappa shape index (κ3) is 18.2. The highest BCUT2D eigenvalue weighted by Gasteiger charge is 2.36. The number of halogens is 5. The molecule has 0 spiro atoms. The molecule has 4 atom stereocenters. The highest BCUT2D eigenvalue weighted by Crippen LogP contribution is 2.34. The maximum absolute atomic E-state index is 15.1. The molecular formula is C67H61F5N4O12. The van der Waals surface area contributed by atoms with Crippen molar-refractivity contribution in [2.24, 2.45) is 5.73 Å². The molecule has 0 saturated heterocycles. The second kappa shape index (κ2) is 30.8. The summed E-state index contributed by atoms with van der Waals surface area (Å²) in [6.45, 7) is 0.495. The van der Waals surface area contributed by atoms with E-state index < -0.39 is 101 Å². The van der Waals surface area contributed by atoms with Crippen molar-refractivity contribution in [3.8, 4) is 28.4 Å². The summed E-state index contributed by atoms with van der Waals surface area (Å²) in [5.74, 6) is -17.1. The van der Waals surface area contributed by atoms with Gasteiger partial charge in [-0.3, -0.25) is 4.79 Å². The van der Waals surface area contributed by atoms with Crippen molar-refractivity contribution in [3.05, 3.63) is 256 Å². The van der Waals surface area contributed by atoms with Crippen molar-refractivity contribution < 1.29 is 79.5 Å². The van der Waals surface area contributed by atoms with E-state index in [0.717, 1.165) is 11.1 Å². The van der Waals surface area contributed by atoms with Crippen LogP contribution in [0, 0.1) is 29.1 Å². The standard InChI is InChI=1S/C67H61F5N4O12/c1-67(73,35-51(77)36-74-65(81)86-40-45-23-13-5-14-24-45)64(80)75-52(62(78)85-39-44-21-11-4-12-22-44)33-49-31-47(27-29-54(49)83-37-42-17-7-2-8-18-42)48-28-30-55(84-38-43-19-9-3-10-20-43)50(32-48)34-53(76-66(82)87-41-46-25-15-6-16-26-46)63(79)88-61-59(71)57(69)56(68)58(70)60(61)72/h2-32,51-53,77H,33-41,73H2,1H3,(H,74,81)(H,75,80)(H,76,82)/t51-,52+,53+,67+/m1/s1. The molecule has 0 heterocycles. The number of aliphatic hydroxyl groups excluding tert-OH is 1. The Kier molecular flexibility index (Phi) is 22.4. The predicted molar refractivity (Wildman–Crippen MR) is 312 cm³/mol. The molecule has 3 amide bonds. The predicted octanol–water partition coefficient (Wildman–Crippen LogP) is 10.8. The Morgan fingerprint density at radius 2 is 0.852 bits per heavy atom. The number of amides is 3. The number of ether oxygens (including phenoxy) is 6. The summed E-state index contributed by atoms with van der Waals surface area (Å²) in [6.07, 6.45) is -4.71. The summed E-state index contributed by atoms with van der Waals surface area (Å²) in [5.41, 5.74) is 9.42. The first kappa shape index (κ1) is 63.9. The lowest BCUT2D eigenvalue weighted by atomic mass is 9.92. The summed E-state index contributed by atoms with van der Waals surface area (Å²) in [6, 6.07) is 50.4. The minimum Gasteiger partial charge on any atom is -0.489 e. The van der Waals surface area contributed by atoms with Crippen molar-refractivity contribution in [1.82, 2.24) is 16.0 Å². The number of carbonyl (C=O) groups excluding carboxylic acids is 5. The molecule has 0 saturated carbocycles. The van der Waals surface area contributed by atoms with E-state index in [1.807, 2.05) is 36.4 Å². The number of carbonyl (C=O) groups is 5.